The number of fused-ring (bicyclic) bond motifs is 1. The van der Waals surface area contributed by atoms with Crippen molar-refractivity contribution in [2.45, 2.75) is 25.9 Å². The first-order valence-corrected chi connectivity index (χ1v) is 10.8. The number of ether oxygens (including phenoxy) is 2. The third-order valence-corrected chi connectivity index (χ3v) is 6.07. The summed E-state index contributed by atoms with van der Waals surface area (Å²) in [5.41, 5.74) is 2.22. The molecule has 3 heterocycles. The van der Waals surface area contributed by atoms with Crippen molar-refractivity contribution in [2.24, 2.45) is 5.92 Å². The molecule has 2 aliphatic rings. The zero-order chi connectivity index (χ0) is 20.1. The number of carbonyl (C=O) groups is 2. The molecular weight excluding hydrogens is 390 g/mol. The van der Waals surface area contributed by atoms with Gasteiger partial charge in [0.05, 0.1) is 0 Å². The molecule has 2 aromatic rings. The molecule has 1 saturated heterocycles. The Morgan fingerprint density at radius 2 is 1.83 bits per heavy atom. The highest BCUT2D eigenvalue weighted by atomic mass is 32.1. The molecule has 0 atom stereocenters. The number of nitrogens with one attached hydrogen (secondary N) is 2. The number of benzene rings is 1. The number of hydrogen-bond donors (Lipinski definition) is 2. The minimum atomic E-state index is -0.613. The van der Waals surface area contributed by atoms with E-state index in [-0.39, 0.29) is 13.3 Å². The first-order chi connectivity index (χ1) is 14.2. The maximum absolute atomic E-state index is 12.1. The molecule has 2 aliphatic heterocycles. The van der Waals surface area contributed by atoms with E-state index in [2.05, 4.69) is 32.4 Å². The lowest BCUT2D eigenvalue weighted by Crippen LogP contribution is -2.43. The summed E-state index contributed by atoms with van der Waals surface area (Å²) >= 11 is 1.73. The first kappa shape index (κ1) is 19.7. The Balaban J connectivity index is 1.15. The summed E-state index contributed by atoms with van der Waals surface area (Å²) in [6.45, 7) is 4.05. The SMILES string of the molecule is O=C(NCc1ccc2c(c1)OCO2)C(=O)NCC1CCN(Cc2ccsc2)CC1. The van der Waals surface area contributed by atoms with Gasteiger partial charge in [0.15, 0.2) is 11.5 Å². The molecule has 0 unspecified atom stereocenters. The number of amides is 2. The molecule has 8 heteroatoms. The van der Waals surface area contributed by atoms with Crippen molar-refractivity contribution in [1.82, 2.24) is 15.5 Å². The summed E-state index contributed by atoms with van der Waals surface area (Å²) in [6.07, 6.45) is 2.06. The lowest BCUT2D eigenvalue weighted by molar-refractivity contribution is -0.139. The molecule has 4 rings (SSSR count). The van der Waals surface area contributed by atoms with E-state index in [9.17, 15) is 9.59 Å². The summed E-state index contributed by atoms with van der Waals surface area (Å²) in [7, 11) is 0. The van der Waals surface area contributed by atoms with E-state index >= 15 is 0 Å². The van der Waals surface area contributed by atoms with Gasteiger partial charge in [0, 0.05) is 19.6 Å². The van der Waals surface area contributed by atoms with Gasteiger partial charge in [-0.3, -0.25) is 14.5 Å². The lowest BCUT2D eigenvalue weighted by Gasteiger charge is -2.31. The summed E-state index contributed by atoms with van der Waals surface area (Å²) < 4.78 is 10.6. The van der Waals surface area contributed by atoms with Gasteiger partial charge in [0.1, 0.15) is 0 Å². The van der Waals surface area contributed by atoms with Crippen LogP contribution >= 0.6 is 11.3 Å². The largest absolute Gasteiger partial charge is 0.454 e. The van der Waals surface area contributed by atoms with Crippen LogP contribution in [0, 0.1) is 5.92 Å². The van der Waals surface area contributed by atoms with E-state index in [0.717, 1.165) is 38.0 Å². The van der Waals surface area contributed by atoms with Crippen LogP contribution in [0.25, 0.3) is 0 Å². The fourth-order valence-corrected chi connectivity index (χ4v) is 4.28. The summed E-state index contributed by atoms with van der Waals surface area (Å²) in [5.74, 6) is 0.578. The molecule has 1 fully saturated rings. The van der Waals surface area contributed by atoms with Crippen molar-refractivity contribution >= 4 is 23.2 Å². The summed E-state index contributed by atoms with van der Waals surface area (Å²) in [6, 6.07) is 7.62. The molecule has 2 amide bonds. The van der Waals surface area contributed by atoms with Gasteiger partial charge >= 0.3 is 11.8 Å². The minimum Gasteiger partial charge on any atom is -0.454 e. The second-order valence-corrected chi connectivity index (χ2v) is 8.21. The number of carbonyl (C=O) groups excluding carboxylic acids is 2. The number of nitrogens with zero attached hydrogens (tertiary/aromatic N) is 1. The zero-order valence-corrected chi connectivity index (χ0v) is 17.0. The van der Waals surface area contributed by atoms with Crippen LogP contribution in [0.4, 0.5) is 0 Å². The monoisotopic (exact) mass is 415 g/mol. The molecule has 0 radical (unpaired) electrons. The molecule has 0 aliphatic carbocycles. The van der Waals surface area contributed by atoms with E-state index in [0.29, 0.717) is 24.0 Å². The van der Waals surface area contributed by atoms with E-state index in [1.807, 2.05) is 12.1 Å². The Hall–Kier alpha value is -2.58. The molecule has 154 valence electrons. The number of hydrogen-bond acceptors (Lipinski definition) is 6. The summed E-state index contributed by atoms with van der Waals surface area (Å²) in [5, 5.41) is 9.73. The highest BCUT2D eigenvalue weighted by Gasteiger charge is 2.21. The Kier molecular flexibility index (Phi) is 6.31. The van der Waals surface area contributed by atoms with Crippen molar-refractivity contribution in [3.63, 3.8) is 0 Å². The molecule has 1 aromatic heterocycles. The molecule has 29 heavy (non-hydrogen) atoms. The second kappa shape index (κ2) is 9.28. The maximum atomic E-state index is 12.1. The van der Waals surface area contributed by atoms with Crippen molar-refractivity contribution in [3.05, 3.63) is 46.2 Å². The predicted molar refractivity (Wildman–Crippen MR) is 110 cm³/mol. The number of likely N-dealkylation sites (tertiary alicyclic amines) is 1. The van der Waals surface area contributed by atoms with Crippen LogP contribution in [0.5, 0.6) is 11.5 Å². The Labute approximate surface area is 174 Å². The normalized spacial score (nSPS) is 16.6. The minimum absolute atomic E-state index is 0.209. The van der Waals surface area contributed by atoms with E-state index in [1.165, 1.54) is 5.56 Å². The number of piperidine rings is 1. The average molecular weight is 416 g/mol. The Bertz CT molecular complexity index is 848. The molecule has 1 aromatic carbocycles. The second-order valence-electron chi connectivity index (χ2n) is 7.43. The van der Waals surface area contributed by atoms with Gasteiger partial charge in [-0.2, -0.15) is 11.3 Å². The smallest absolute Gasteiger partial charge is 0.309 e. The van der Waals surface area contributed by atoms with Crippen molar-refractivity contribution < 1.29 is 19.1 Å². The molecule has 0 spiro atoms. The van der Waals surface area contributed by atoms with E-state index in [4.69, 9.17) is 9.47 Å². The molecule has 7 nitrogen and oxygen atoms in total. The molecular formula is C21H25N3O4S. The van der Waals surface area contributed by atoms with Crippen molar-refractivity contribution in [1.29, 1.82) is 0 Å². The van der Waals surface area contributed by atoms with Crippen LogP contribution < -0.4 is 20.1 Å². The fourth-order valence-electron chi connectivity index (χ4n) is 3.62. The fraction of sp³-hybridized carbons (Fsp3) is 0.429. The van der Waals surface area contributed by atoms with Crippen molar-refractivity contribution in [3.8, 4) is 11.5 Å². The zero-order valence-electron chi connectivity index (χ0n) is 16.2. The molecule has 0 saturated carbocycles. The third-order valence-electron chi connectivity index (χ3n) is 5.34. The topological polar surface area (TPSA) is 79.9 Å². The van der Waals surface area contributed by atoms with Crippen LogP contribution in [0.3, 0.4) is 0 Å². The van der Waals surface area contributed by atoms with E-state index < -0.39 is 11.8 Å². The summed E-state index contributed by atoms with van der Waals surface area (Å²) in [4.78, 5) is 26.6. The van der Waals surface area contributed by atoms with Crippen LogP contribution in [-0.2, 0) is 22.7 Å². The van der Waals surface area contributed by atoms with Gasteiger partial charge in [-0.1, -0.05) is 6.07 Å². The lowest BCUT2D eigenvalue weighted by atomic mass is 9.96. The average Bonchev–Trinajstić information content (AvgIpc) is 3.42. The van der Waals surface area contributed by atoms with Gasteiger partial charge in [-0.25, -0.2) is 0 Å². The highest BCUT2D eigenvalue weighted by molar-refractivity contribution is 7.07. The van der Waals surface area contributed by atoms with Crippen LogP contribution in [0.15, 0.2) is 35.0 Å². The van der Waals surface area contributed by atoms with Gasteiger partial charge < -0.3 is 20.1 Å². The quantitative estimate of drug-likeness (QED) is 0.707. The molecule has 2 N–H and O–H groups in total. The van der Waals surface area contributed by atoms with Crippen LogP contribution in [0.1, 0.15) is 24.0 Å². The number of thiophene rings is 1. The predicted octanol–water partition coefficient (Wildman–Crippen LogP) is 2.12. The molecule has 0 bridgehead atoms. The standard InChI is InChI=1S/C21H25N3O4S/c25-20(21(26)23-11-16-1-2-18-19(9-16)28-14-27-18)22-10-15-3-6-24(7-4-15)12-17-5-8-29-13-17/h1-2,5,8-9,13,15H,3-4,6-7,10-12,14H2,(H,22,25)(H,23,26). The Morgan fingerprint density at radius 1 is 1.03 bits per heavy atom. The van der Waals surface area contributed by atoms with Gasteiger partial charge in [0.2, 0.25) is 6.79 Å². The highest BCUT2D eigenvalue weighted by Crippen LogP contribution is 2.32. The van der Waals surface area contributed by atoms with Crippen LogP contribution in [0.2, 0.25) is 0 Å². The maximum Gasteiger partial charge on any atom is 0.309 e. The first-order valence-electron chi connectivity index (χ1n) is 9.85. The van der Waals surface area contributed by atoms with Gasteiger partial charge in [0.25, 0.3) is 0 Å². The van der Waals surface area contributed by atoms with Gasteiger partial charge in [-0.15, -0.1) is 0 Å². The Morgan fingerprint density at radius 3 is 2.62 bits per heavy atom. The van der Waals surface area contributed by atoms with Gasteiger partial charge in [-0.05, 0) is 71.9 Å². The van der Waals surface area contributed by atoms with Crippen LogP contribution in [-0.4, -0.2) is 43.1 Å². The van der Waals surface area contributed by atoms with E-state index in [1.54, 1.807) is 17.4 Å². The van der Waals surface area contributed by atoms with Crippen molar-refractivity contribution in [2.75, 3.05) is 26.4 Å². The number of rotatable bonds is 6. The third kappa shape index (κ3) is 5.27.